The fourth-order valence-electron chi connectivity index (χ4n) is 3.69. The van der Waals surface area contributed by atoms with Crippen molar-refractivity contribution < 1.29 is 18.7 Å². The number of hydrogen-bond acceptors (Lipinski definition) is 2. The van der Waals surface area contributed by atoms with Gasteiger partial charge in [-0.1, -0.05) is 0 Å². The Balaban J connectivity index is 1.70. The number of amides is 2. The van der Waals surface area contributed by atoms with E-state index in [-0.39, 0.29) is 25.2 Å². The average molecular weight is 359 g/mol. The lowest BCUT2D eigenvalue weighted by atomic mass is 10.1. The highest BCUT2D eigenvalue weighted by atomic mass is 19.1. The Hall–Kier alpha value is -2.67. The van der Waals surface area contributed by atoms with E-state index in [2.05, 4.69) is 5.32 Å². The van der Waals surface area contributed by atoms with Crippen molar-refractivity contribution in [1.29, 1.82) is 0 Å². The smallest absolute Gasteiger partial charge is 0.317 e. The predicted molar refractivity (Wildman–Crippen MR) is 94.9 cm³/mol. The molecule has 1 aliphatic heterocycles. The number of rotatable bonds is 4. The molecule has 1 aromatic heterocycles. The zero-order chi connectivity index (χ0) is 18.4. The van der Waals surface area contributed by atoms with Crippen LogP contribution in [0.1, 0.15) is 6.92 Å². The van der Waals surface area contributed by atoms with Gasteiger partial charge in [0.2, 0.25) is 0 Å². The van der Waals surface area contributed by atoms with Gasteiger partial charge < -0.3 is 19.9 Å². The number of aliphatic hydroxyl groups is 1. The van der Waals surface area contributed by atoms with Gasteiger partial charge in [-0.05, 0) is 43.3 Å². The Labute approximate surface area is 148 Å². The molecule has 0 bridgehead atoms. The van der Waals surface area contributed by atoms with Gasteiger partial charge in [0.25, 0.3) is 0 Å². The van der Waals surface area contributed by atoms with Gasteiger partial charge >= 0.3 is 6.03 Å². The van der Waals surface area contributed by atoms with Gasteiger partial charge in [0.1, 0.15) is 11.6 Å². The normalized spacial score (nSPS) is 18.7. The average Bonchev–Trinajstić information content (AvgIpc) is 3.04. The molecular formula is C19H19F2N3O2. The van der Waals surface area contributed by atoms with E-state index in [1.54, 1.807) is 17.0 Å². The lowest BCUT2D eigenvalue weighted by Crippen LogP contribution is -2.37. The number of nitrogens with zero attached hydrogens (tertiary/aromatic N) is 2. The molecule has 0 radical (unpaired) electrons. The first-order chi connectivity index (χ1) is 12.4. The maximum Gasteiger partial charge on any atom is 0.317 e. The van der Waals surface area contributed by atoms with E-state index in [1.807, 2.05) is 11.5 Å². The number of aromatic nitrogens is 1. The minimum absolute atomic E-state index is 0.0499. The fourth-order valence-corrected chi connectivity index (χ4v) is 3.69. The molecule has 0 aliphatic carbocycles. The molecular weight excluding hydrogens is 340 g/mol. The van der Waals surface area contributed by atoms with Crippen LogP contribution in [0.3, 0.4) is 0 Å². The number of β-amino-alcohol motifs (C(OH)–C–C–N with tert-alkyl or cyclic N) is 1. The summed E-state index contributed by atoms with van der Waals surface area (Å²) in [5.74, 6) is -0.798. The lowest BCUT2D eigenvalue weighted by Gasteiger charge is -2.20. The second-order valence-corrected chi connectivity index (χ2v) is 6.84. The first kappa shape index (κ1) is 16.8. The minimum atomic E-state index is -0.806. The Morgan fingerprint density at radius 2 is 1.69 bits per heavy atom. The number of nitrogens with one attached hydrogen (secondary N) is 1. The maximum atomic E-state index is 13.7. The van der Waals surface area contributed by atoms with Crippen LogP contribution in [-0.2, 0) is 6.54 Å². The van der Waals surface area contributed by atoms with Crippen molar-refractivity contribution in [1.82, 2.24) is 14.8 Å². The predicted octanol–water partition coefficient (Wildman–Crippen LogP) is 2.85. The molecule has 2 heterocycles. The highest BCUT2D eigenvalue weighted by molar-refractivity contribution is 6.08. The number of fused-ring (bicyclic) bond motifs is 3. The molecule has 7 heteroatoms. The molecule has 2 aromatic carbocycles. The number of hydrogen-bond donors (Lipinski definition) is 2. The molecule has 1 fully saturated rings. The molecule has 2 amide bonds. The van der Waals surface area contributed by atoms with Crippen LogP contribution in [0.2, 0.25) is 0 Å². The molecule has 3 aromatic rings. The van der Waals surface area contributed by atoms with Crippen LogP contribution in [0.5, 0.6) is 0 Å². The van der Waals surface area contributed by atoms with Gasteiger partial charge in [0, 0.05) is 34.4 Å². The summed E-state index contributed by atoms with van der Waals surface area (Å²) in [6, 6.07) is 8.54. The summed E-state index contributed by atoms with van der Waals surface area (Å²) >= 11 is 0. The van der Waals surface area contributed by atoms with Crippen LogP contribution in [0.15, 0.2) is 36.4 Å². The first-order valence-corrected chi connectivity index (χ1v) is 8.53. The van der Waals surface area contributed by atoms with Crippen LogP contribution in [0.25, 0.3) is 21.8 Å². The number of carbonyl (C=O) groups excluding carboxylic acids is 1. The summed E-state index contributed by atoms with van der Waals surface area (Å²) in [5, 5.41) is 14.5. The number of aliphatic hydroxyl groups excluding tert-OH is 1. The van der Waals surface area contributed by atoms with Crippen LogP contribution in [-0.4, -0.2) is 45.8 Å². The van der Waals surface area contributed by atoms with Gasteiger partial charge in [-0.3, -0.25) is 0 Å². The van der Waals surface area contributed by atoms with Gasteiger partial charge in [-0.25, -0.2) is 13.6 Å². The highest BCUT2D eigenvalue weighted by Gasteiger charge is 2.27. The number of halogens is 2. The fraction of sp³-hybridized carbons (Fsp3) is 0.316. The number of urea groups is 1. The Bertz CT molecular complexity index is 942. The third-order valence-electron chi connectivity index (χ3n) is 4.76. The third kappa shape index (κ3) is 2.88. The Kier molecular flexibility index (Phi) is 4.03. The van der Waals surface area contributed by atoms with E-state index < -0.39 is 17.7 Å². The highest BCUT2D eigenvalue weighted by Crippen LogP contribution is 2.30. The van der Waals surface area contributed by atoms with E-state index in [9.17, 15) is 18.7 Å². The van der Waals surface area contributed by atoms with Crippen molar-refractivity contribution in [3.05, 3.63) is 48.0 Å². The molecule has 2 atom stereocenters. The molecule has 136 valence electrons. The summed E-state index contributed by atoms with van der Waals surface area (Å²) in [7, 11) is 0. The molecule has 26 heavy (non-hydrogen) atoms. The van der Waals surface area contributed by atoms with E-state index >= 15 is 0 Å². The van der Waals surface area contributed by atoms with Gasteiger partial charge in [-0.15, -0.1) is 0 Å². The zero-order valence-electron chi connectivity index (χ0n) is 14.2. The van der Waals surface area contributed by atoms with Crippen LogP contribution >= 0.6 is 0 Å². The molecule has 0 saturated carbocycles. The molecule has 1 saturated heterocycles. The van der Waals surface area contributed by atoms with Crippen molar-refractivity contribution >= 4 is 27.8 Å². The van der Waals surface area contributed by atoms with Crippen molar-refractivity contribution in [3.63, 3.8) is 0 Å². The Morgan fingerprint density at radius 3 is 2.19 bits per heavy atom. The summed E-state index contributed by atoms with van der Waals surface area (Å²) in [6.07, 6.45) is -0.806. The molecule has 2 N–H and O–H groups in total. The quantitative estimate of drug-likeness (QED) is 0.753. The first-order valence-electron chi connectivity index (χ1n) is 8.53. The topological polar surface area (TPSA) is 57.5 Å². The minimum Gasteiger partial charge on any atom is -0.389 e. The van der Waals surface area contributed by atoms with Gasteiger partial charge in [0.15, 0.2) is 0 Å². The molecule has 5 nitrogen and oxygen atoms in total. The van der Waals surface area contributed by atoms with E-state index in [0.29, 0.717) is 28.4 Å². The number of carbonyl (C=O) groups is 1. The monoisotopic (exact) mass is 359 g/mol. The lowest BCUT2D eigenvalue weighted by molar-refractivity contribution is 0.117. The summed E-state index contributed by atoms with van der Waals surface area (Å²) < 4.78 is 29.2. The molecule has 1 unspecified atom stereocenters. The summed E-state index contributed by atoms with van der Waals surface area (Å²) in [4.78, 5) is 13.4. The van der Waals surface area contributed by atoms with E-state index in [1.165, 1.54) is 24.3 Å². The molecule has 1 aliphatic rings. The van der Waals surface area contributed by atoms with E-state index in [4.69, 9.17) is 0 Å². The van der Waals surface area contributed by atoms with Crippen molar-refractivity contribution in [2.24, 2.45) is 0 Å². The van der Waals surface area contributed by atoms with Crippen molar-refractivity contribution in [3.8, 4) is 0 Å². The zero-order valence-corrected chi connectivity index (χ0v) is 14.2. The van der Waals surface area contributed by atoms with Crippen LogP contribution in [0, 0.1) is 11.6 Å². The SMILES string of the molecule is C[C@H]1CN(CC(O)Cn2c3ccc(F)cc3c3cc(F)ccc32)C(=O)N1. The standard InChI is InChI=1S/C19H19F2N3O2/c1-11-8-23(19(26)22-11)9-14(25)10-24-17-4-2-12(20)6-15(17)16-7-13(21)3-5-18(16)24/h2-7,11,14,25H,8-10H2,1H3,(H,22,26)/t11-,14?/m0/s1. The largest absolute Gasteiger partial charge is 0.389 e. The van der Waals surface area contributed by atoms with Crippen molar-refractivity contribution in [2.75, 3.05) is 13.1 Å². The van der Waals surface area contributed by atoms with Crippen LogP contribution < -0.4 is 5.32 Å². The third-order valence-corrected chi connectivity index (χ3v) is 4.76. The number of benzene rings is 2. The summed E-state index contributed by atoms with van der Waals surface area (Å²) in [5.41, 5.74) is 1.43. The van der Waals surface area contributed by atoms with E-state index in [0.717, 1.165) is 0 Å². The maximum absolute atomic E-state index is 13.7. The molecule has 0 spiro atoms. The molecule has 4 rings (SSSR count). The van der Waals surface area contributed by atoms with Crippen LogP contribution in [0.4, 0.5) is 13.6 Å². The van der Waals surface area contributed by atoms with Gasteiger partial charge in [0.05, 0.1) is 19.2 Å². The summed E-state index contributed by atoms with van der Waals surface area (Å²) in [6.45, 7) is 2.86. The second-order valence-electron chi connectivity index (χ2n) is 6.84. The van der Waals surface area contributed by atoms with Gasteiger partial charge in [-0.2, -0.15) is 0 Å². The van der Waals surface area contributed by atoms with Crippen molar-refractivity contribution in [2.45, 2.75) is 25.6 Å². The Morgan fingerprint density at radius 1 is 1.12 bits per heavy atom. The second kappa shape index (κ2) is 6.25.